The summed E-state index contributed by atoms with van der Waals surface area (Å²) in [6, 6.07) is -0.389. The minimum Gasteiger partial charge on any atom is -0.465 e. The number of hydrogen-bond donors (Lipinski definition) is 1. The average molecular weight is 441 g/mol. The maximum atomic E-state index is 12.9. The second-order valence-electron chi connectivity index (χ2n) is 7.99. The van der Waals surface area contributed by atoms with Crippen LogP contribution in [0.3, 0.4) is 0 Å². The monoisotopic (exact) mass is 440 g/mol. The van der Waals surface area contributed by atoms with E-state index in [1.165, 1.54) is 7.11 Å². The van der Waals surface area contributed by atoms with Gasteiger partial charge >= 0.3 is 11.9 Å². The molecule has 2 heterocycles. The van der Waals surface area contributed by atoms with Crippen LogP contribution >= 0.6 is 0 Å². The van der Waals surface area contributed by atoms with Crippen molar-refractivity contribution < 1.29 is 32.3 Å². The highest BCUT2D eigenvalue weighted by Gasteiger charge is 2.39. The minimum atomic E-state index is -3.15. The third-order valence-electron chi connectivity index (χ3n) is 5.97. The van der Waals surface area contributed by atoms with E-state index >= 15 is 0 Å². The van der Waals surface area contributed by atoms with Gasteiger partial charge in [0.1, 0.15) is 5.69 Å². The first-order valence-corrected chi connectivity index (χ1v) is 11.9. The lowest BCUT2D eigenvalue weighted by molar-refractivity contribution is -0.139. The average Bonchev–Trinajstić information content (AvgIpc) is 3.40. The lowest BCUT2D eigenvalue weighted by Gasteiger charge is -2.33. The molecule has 1 saturated carbocycles. The van der Waals surface area contributed by atoms with Crippen molar-refractivity contribution in [3.05, 3.63) is 22.5 Å². The third-order valence-corrected chi connectivity index (χ3v) is 7.72. The summed E-state index contributed by atoms with van der Waals surface area (Å²) in [4.78, 5) is 41.8. The van der Waals surface area contributed by atoms with Crippen molar-refractivity contribution in [3.8, 4) is 0 Å². The molecule has 1 aliphatic heterocycles. The van der Waals surface area contributed by atoms with Gasteiger partial charge in [0.05, 0.1) is 24.2 Å². The standard InChI is InChI=1S/C20H28N2O7S/c1-12-17(19(24)28-3)13(2)21-18(12)20(25)29-10-16(23)22(14-6-4-5-7-14)15-8-9-30(26,27)11-15/h14-15,21H,4-11H2,1-3H3. The molecule has 1 atom stereocenters. The summed E-state index contributed by atoms with van der Waals surface area (Å²) >= 11 is 0. The first-order valence-electron chi connectivity index (χ1n) is 10.1. The lowest BCUT2D eigenvalue weighted by Crippen LogP contribution is -2.48. The quantitative estimate of drug-likeness (QED) is 0.666. The van der Waals surface area contributed by atoms with E-state index in [0.29, 0.717) is 17.7 Å². The smallest absolute Gasteiger partial charge is 0.355 e. The number of sulfone groups is 1. The Morgan fingerprint density at radius 3 is 2.30 bits per heavy atom. The lowest BCUT2D eigenvalue weighted by atomic mass is 10.1. The number of hydrogen-bond acceptors (Lipinski definition) is 7. The highest BCUT2D eigenvalue weighted by molar-refractivity contribution is 7.91. The van der Waals surface area contributed by atoms with E-state index in [9.17, 15) is 22.8 Å². The van der Waals surface area contributed by atoms with Crippen molar-refractivity contribution in [2.45, 2.75) is 58.0 Å². The highest BCUT2D eigenvalue weighted by Crippen LogP contribution is 2.29. The molecule has 0 radical (unpaired) electrons. The molecule has 30 heavy (non-hydrogen) atoms. The summed E-state index contributed by atoms with van der Waals surface area (Å²) in [6.07, 6.45) is 4.05. The molecule has 1 unspecified atom stereocenters. The maximum absolute atomic E-state index is 12.9. The molecule has 0 spiro atoms. The van der Waals surface area contributed by atoms with E-state index in [-0.39, 0.29) is 40.8 Å². The molecular formula is C20H28N2O7S. The molecule has 1 amide bonds. The van der Waals surface area contributed by atoms with Crippen molar-refractivity contribution in [2.75, 3.05) is 25.2 Å². The zero-order chi connectivity index (χ0) is 22.1. The van der Waals surface area contributed by atoms with Gasteiger partial charge in [-0.1, -0.05) is 12.8 Å². The zero-order valence-electron chi connectivity index (χ0n) is 17.5. The Balaban J connectivity index is 1.71. The number of amides is 1. The number of nitrogens with one attached hydrogen (secondary N) is 1. The number of nitrogens with zero attached hydrogens (tertiary/aromatic N) is 1. The number of ether oxygens (including phenoxy) is 2. The van der Waals surface area contributed by atoms with Crippen LogP contribution < -0.4 is 0 Å². The van der Waals surface area contributed by atoms with Crippen LogP contribution in [0.1, 0.15) is 64.2 Å². The predicted octanol–water partition coefficient (Wildman–Crippen LogP) is 1.53. The Morgan fingerprint density at radius 1 is 1.07 bits per heavy atom. The molecule has 1 N–H and O–H groups in total. The summed E-state index contributed by atoms with van der Waals surface area (Å²) in [5.41, 5.74) is 1.23. The van der Waals surface area contributed by atoms with Gasteiger partial charge in [-0.15, -0.1) is 0 Å². The fraction of sp³-hybridized carbons (Fsp3) is 0.650. The van der Waals surface area contributed by atoms with Gasteiger partial charge in [-0.25, -0.2) is 18.0 Å². The molecule has 3 rings (SSSR count). The number of aromatic nitrogens is 1. The Morgan fingerprint density at radius 2 is 1.73 bits per heavy atom. The first kappa shape index (κ1) is 22.3. The number of carbonyl (C=O) groups excluding carboxylic acids is 3. The molecule has 0 bridgehead atoms. The van der Waals surface area contributed by atoms with Crippen LogP contribution in [0.4, 0.5) is 0 Å². The number of rotatable bonds is 6. The molecular weight excluding hydrogens is 412 g/mol. The molecule has 0 aromatic carbocycles. The number of carbonyl (C=O) groups is 3. The zero-order valence-corrected chi connectivity index (χ0v) is 18.3. The van der Waals surface area contributed by atoms with Crippen molar-refractivity contribution >= 4 is 27.7 Å². The van der Waals surface area contributed by atoms with Gasteiger partial charge in [0.2, 0.25) is 0 Å². The summed E-state index contributed by atoms with van der Waals surface area (Å²) in [5.74, 6) is -1.66. The van der Waals surface area contributed by atoms with E-state index in [2.05, 4.69) is 4.98 Å². The van der Waals surface area contributed by atoms with Gasteiger partial charge < -0.3 is 19.4 Å². The Hall–Kier alpha value is -2.36. The summed E-state index contributed by atoms with van der Waals surface area (Å²) in [7, 11) is -1.89. The maximum Gasteiger partial charge on any atom is 0.355 e. The van der Waals surface area contributed by atoms with Crippen LogP contribution in [0, 0.1) is 13.8 Å². The second-order valence-corrected chi connectivity index (χ2v) is 10.2. The van der Waals surface area contributed by atoms with Gasteiger partial charge in [0.15, 0.2) is 16.4 Å². The Labute approximate surface area is 176 Å². The summed E-state index contributed by atoms with van der Waals surface area (Å²) in [6.45, 7) is 2.77. The van der Waals surface area contributed by atoms with Crippen LogP contribution in [0.15, 0.2) is 0 Å². The van der Waals surface area contributed by atoms with Gasteiger partial charge in [0, 0.05) is 17.8 Å². The normalized spacial score (nSPS) is 20.8. The topological polar surface area (TPSA) is 123 Å². The van der Waals surface area contributed by atoms with Crippen LogP contribution in [-0.2, 0) is 24.1 Å². The van der Waals surface area contributed by atoms with E-state index in [0.717, 1.165) is 25.7 Å². The Bertz CT molecular complexity index is 945. The molecule has 10 heteroatoms. The van der Waals surface area contributed by atoms with Crippen molar-refractivity contribution in [1.82, 2.24) is 9.88 Å². The minimum absolute atomic E-state index is 0.0186. The number of esters is 2. The molecule has 166 valence electrons. The molecule has 2 fully saturated rings. The molecule has 1 aromatic rings. The van der Waals surface area contributed by atoms with Crippen LogP contribution in [0.2, 0.25) is 0 Å². The fourth-order valence-corrected chi connectivity index (χ4v) is 6.23. The van der Waals surface area contributed by atoms with Crippen molar-refractivity contribution in [3.63, 3.8) is 0 Å². The second kappa shape index (κ2) is 8.79. The molecule has 1 aliphatic carbocycles. The number of aryl methyl sites for hydroxylation is 1. The number of aromatic amines is 1. The summed E-state index contributed by atoms with van der Waals surface area (Å²) < 4.78 is 33.8. The number of H-pyrrole nitrogens is 1. The largest absolute Gasteiger partial charge is 0.465 e. The molecule has 9 nitrogen and oxygen atoms in total. The predicted molar refractivity (Wildman–Crippen MR) is 108 cm³/mol. The summed E-state index contributed by atoms with van der Waals surface area (Å²) in [5, 5.41) is 0. The van der Waals surface area contributed by atoms with Crippen LogP contribution in [0.25, 0.3) is 0 Å². The third kappa shape index (κ3) is 4.53. The SMILES string of the molecule is COC(=O)c1c(C)[nH]c(C(=O)OCC(=O)N(C2CCCC2)C2CCS(=O)(=O)C2)c1C. The van der Waals surface area contributed by atoms with Crippen LogP contribution in [-0.4, -0.2) is 73.5 Å². The molecule has 1 saturated heterocycles. The van der Waals surface area contributed by atoms with Crippen LogP contribution in [0.5, 0.6) is 0 Å². The van der Waals surface area contributed by atoms with E-state index < -0.39 is 28.4 Å². The van der Waals surface area contributed by atoms with Crippen molar-refractivity contribution in [1.29, 1.82) is 0 Å². The van der Waals surface area contributed by atoms with E-state index in [4.69, 9.17) is 9.47 Å². The van der Waals surface area contributed by atoms with Gasteiger partial charge in [-0.2, -0.15) is 0 Å². The molecule has 2 aliphatic rings. The highest BCUT2D eigenvalue weighted by atomic mass is 32.2. The van der Waals surface area contributed by atoms with Gasteiger partial charge in [-0.05, 0) is 38.7 Å². The van der Waals surface area contributed by atoms with E-state index in [1.54, 1.807) is 18.7 Å². The molecule has 1 aromatic heterocycles. The first-order chi connectivity index (χ1) is 14.1. The fourth-order valence-electron chi connectivity index (χ4n) is 4.52. The number of methoxy groups -OCH3 is 1. The van der Waals surface area contributed by atoms with Gasteiger partial charge in [0.25, 0.3) is 5.91 Å². The van der Waals surface area contributed by atoms with E-state index in [1.807, 2.05) is 0 Å². The Kier molecular flexibility index (Phi) is 6.54. The van der Waals surface area contributed by atoms with Crippen molar-refractivity contribution in [2.24, 2.45) is 0 Å². The van der Waals surface area contributed by atoms with Gasteiger partial charge in [-0.3, -0.25) is 4.79 Å².